The van der Waals surface area contributed by atoms with Crippen molar-refractivity contribution < 1.29 is 0 Å². The Balaban J connectivity index is 2.51. The van der Waals surface area contributed by atoms with E-state index in [0.29, 0.717) is 5.17 Å². The lowest BCUT2D eigenvalue weighted by Crippen LogP contribution is -2.12. The van der Waals surface area contributed by atoms with Crippen LogP contribution in [-0.2, 0) is 0 Å². The maximum Gasteiger partial charge on any atom is 0.183 e. The molecule has 0 saturated carbocycles. The molecular weight excluding hydrogens is 244 g/mol. The van der Waals surface area contributed by atoms with Crippen LogP contribution in [0.5, 0.6) is 0 Å². The number of rotatable bonds is 1. The van der Waals surface area contributed by atoms with Gasteiger partial charge in [0.15, 0.2) is 11.4 Å². The molecule has 0 aliphatic rings. The summed E-state index contributed by atoms with van der Waals surface area (Å²) < 4.78 is 0. The van der Waals surface area contributed by atoms with Crippen LogP contribution in [0.15, 0.2) is 35.5 Å². The Bertz CT molecular complexity index is 643. The topological polar surface area (TPSA) is 61.1 Å². The average molecular weight is 256 g/mol. The predicted molar refractivity (Wildman–Crippen MR) is 75.8 cm³/mol. The number of hydrogen-bond donors (Lipinski definition) is 1. The highest BCUT2D eigenvalue weighted by molar-refractivity contribution is 8.13. The zero-order valence-electron chi connectivity index (χ0n) is 10.1. The molecule has 0 radical (unpaired) electrons. The van der Waals surface area contributed by atoms with Crippen LogP contribution in [0.25, 0.3) is 10.9 Å². The van der Waals surface area contributed by atoms with Crippen LogP contribution >= 0.6 is 11.8 Å². The van der Waals surface area contributed by atoms with Crippen LogP contribution in [0.2, 0.25) is 0 Å². The highest BCUT2D eigenvalue weighted by Gasteiger charge is 2.03. The van der Waals surface area contributed by atoms with Crippen LogP contribution in [0.1, 0.15) is 5.56 Å². The van der Waals surface area contributed by atoms with Crippen molar-refractivity contribution in [2.45, 2.75) is 6.92 Å². The van der Waals surface area contributed by atoms with E-state index in [4.69, 9.17) is 5.26 Å². The molecule has 0 unspecified atom stereocenters. The number of nitrogens with zero attached hydrogens (tertiary/aromatic N) is 3. The van der Waals surface area contributed by atoms with E-state index in [1.807, 2.05) is 43.6 Å². The first-order valence-corrected chi connectivity index (χ1v) is 6.60. The number of nitrogens with one attached hydrogen (secondary N) is 1. The van der Waals surface area contributed by atoms with Crippen molar-refractivity contribution >= 4 is 33.5 Å². The lowest BCUT2D eigenvalue weighted by molar-refractivity contribution is 1.27. The third-order valence-electron chi connectivity index (χ3n) is 2.50. The molecule has 2 rings (SSSR count). The van der Waals surface area contributed by atoms with Gasteiger partial charge < -0.3 is 0 Å². The Hall–Kier alpha value is -2.06. The minimum absolute atomic E-state index is 0.580. The van der Waals surface area contributed by atoms with E-state index in [-0.39, 0.29) is 0 Å². The van der Waals surface area contributed by atoms with Crippen LogP contribution in [-0.4, -0.2) is 16.4 Å². The van der Waals surface area contributed by atoms with E-state index in [1.165, 1.54) is 11.8 Å². The minimum atomic E-state index is 0.580. The van der Waals surface area contributed by atoms with Gasteiger partial charge in [-0.3, -0.25) is 10.3 Å². The van der Waals surface area contributed by atoms with Crippen molar-refractivity contribution in [3.8, 4) is 6.19 Å². The van der Waals surface area contributed by atoms with Gasteiger partial charge in [0.25, 0.3) is 0 Å². The van der Waals surface area contributed by atoms with Crippen molar-refractivity contribution in [1.29, 1.82) is 5.26 Å². The number of pyridine rings is 1. The molecule has 2 aromatic rings. The van der Waals surface area contributed by atoms with Crippen LogP contribution < -0.4 is 5.32 Å². The normalized spacial score (nSPS) is 11.3. The van der Waals surface area contributed by atoms with Gasteiger partial charge in [0.05, 0.1) is 11.2 Å². The molecule has 4 nitrogen and oxygen atoms in total. The second-order valence-electron chi connectivity index (χ2n) is 3.69. The molecule has 1 aromatic heterocycles. The third-order valence-corrected chi connectivity index (χ3v) is 3.08. The van der Waals surface area contributed by atoms with E-state index < -0.39 is 0 Å². The number of benzene rings is 1. The quantitative estimate of drug-likeness (QED) is 0.369. The Morgan fingerprint density at radius 2 is 2.33 bits per heavy atom. The molecule has 0 saturated heterocycles. The number of hydrogen-bond acceptors (Lipinski definition) is 4. The van der Waals surface area contributed by atoms with Crippen molar-refractivity contribution in [1.82, 2.24) is 10.3 Å². The lowest BCUT2D eigenvalue weighted by atomic mass is 10.1. The van der Waals surface area contributed by atoms with E-state index in [2.05, 4.69) is 15.3 Å². The predicted octanol–water partition coefficient (Wildman–Crippen LogP) is 2.96. The summed E-state index contributed by atoms with van der Waals surface area (Å²) in [6.07, 6.45) is 5.51. The van der Waals surface area contributed by atoms with Crippen molar-refractivity contribution in [3.05, 3.63) is 36.0 Å². The number of aryl methyl sites for hydroxylation is 1. The van der Waals surface area contributed by atoms with E-state index in [1.54, 1.807) is 6.20 Å². The molecule has 0 spiro atoms. The van der Waals surface area contributed by atoms with E-state index in [9.17, 15) is 0 Å². The van der Waals surface area contributed by atoms with Gasteiger partial charge in [-0.15, -0.1) is 0 Å². The summed E-state index contributed by atoms with van der Waals surface area (Å²) in [6.45, 7) is 2.00. The van der Waals surface area contributed by atoms with E-state index >= 15 is 0 Å². The molecule has 1 heterocycles. The molecule has 0 amide bonds. The second kappa shape index (κ2) is 5.52. The first-order valence-electron chi connectivity index (χ1n) is 5.38. The minimum Gasteiger partial charge on any atom is -0.271 e. The SMILES string of the molecule is CSC(=Nc1cc2ncccc2cc1C)NC#N. The van der Waals surface area contributed by atoms with Gasteiger partial charge in [-0.25, -0.2) is 4.99 Å². The van der Waals surface area contributed by atoms with Gasteiger partial charge in [0, 0.05) is 11.6 Å². The molecule has 0 bridgehead atoms. The maximum absolute atomic E-state index is 8.62. The molecule has 0 aliphatic carbocycles. The molecule has 0 atom stereocenters. The Kier molecular flexibility index (Phi) is 3.80. The summed E-state index contributed by atoms with van der Waals surface area (Å²) in [5.41, 5.74) is 2.79. The van der Waals surface area contributed by atoms with Crippen molar-refractivity contribution in [3.63, 3.8) is 0 Å². The third kappa shape index (κ3) is 2.60. The molecule has 1 N–H and O–H groups in total. The average Bonchev–Trinajstić information content (AvgIpc) is 2.39. The van der Waals surface area contributed by atoms with Gasteiger partial charge in [0.1, 0.15) is 0 Å². The smallest absolute Gasteiger partial charge is 0.183 e. The van der Waals surface area contributed by atoms with Gasteiger partial charge in [-0.1, -0.05) is 17.8 Å². The van der Waals surface area contributed by atoms with Gasteiger partial charge in [-0.2, -0.15) is 5.26 Å². The largest absolute Gasteiger partial charge is 0.271 e. The summed E-state index contributed by atoms with van der Waals surface area (Å²) in [4.78, 5) is 8.72. The fourth-order valence-electron chi connectivity index (χ4n) is 1.63. The monoisotopic (exact) mass is 256 g/mol. The fourth-order valence-corrected chi connectivity index (χ4v) is 1.96. The number of thioether (sulfide) groups is 1. The molecule has 18 heavy (non-hydrogen) atoms. The second-order valence-corrected chi connectivity index (χ2v) is 4.49. The summed E-state index contributed by atoms with van der Waals surface area (Å²) in [5, 5.41) is 12.8. The number of nitriles is 1. The zero-order valence-corrected chi connectivity index (χ0v) is 11.0. The summed E-state index contributed by atoms with van der Waals surface area (Å²) in [5.74, 6) is 0. The van der Waals surface area contributed by atoms with Crippen molar-refractivity contribution in [2.24, 2.45) is 4.99 Å². The molecule has 0 aliphatic heterocycles. The Morgan fingerprint density at radius 1 is 1.50 bits per heavy atom. The Labute approximate surface area is 110 Å². The fraction of sp³-hybridized carbons (Fsp3) is 0.154. The summed E-state index contributed by atoms with van der Waals surface area (Å²) in [6, 6.07) is 7.91. The Morgan fingerprint density at radius 3 is 3.06 bits per heavy atom. The van der Waals surface area contributed by atoms with Crippen LogP contribution in [0.3, 0.4) is 0 Å². The first kappa shape index (κ1) is 12.4. The molecule has 5 heteroatoms. The molecule has 1 aromatic carbocycles. The van der Waals surface area contributed by atoms with Crippen LogP contribution in [0, 0.1) is 18.4 Å². The summed E-state index contributed by atoms with van der Waals surface area (Å²) >= 11 is 1.40. The highest BCUT2D eigenvalue weighted by Crippen LogP contribution is 2.25. The molecule has 90 valence electrons. The maximum atomic E-state index is 8.62. The van der Waals surface area contributed by atoms with Gasteiger partial charge in [-0.05, 0) is 36.9 Å². The van der Waals surface area contributed by atoms with Gasteiger partial charge in [0.2, 0.25) is 0 Å². The summed E-state index contributed by atoms with van der Waals surface area (Å²) in [7, 11) is 0. The van der Waals surface area contributed by atoms with Crippen molar-refractivity contribution in [2.75, 3.05) is 6.26 Å². The highest BCUT2D eigenvalue weighted by atomic mass is 32.2. The number of aromatic nitrogens is 1. The number of amidine groups is 1. The number of fused-ring (bicyclic) bond motifs is 1. The van der Waals surface area contributed by atoms with E-state index in [0.717, 1.165) is 22.2 Å². The number of aliphatic imine (C=N–C) groups is 1. The molecule has 0 fully saturated rings. The molecular formula is C13H12N4S. The standard InChI is InChI=1S/C13H12N4S/c1-9-6-10-4-3-5-15-12(10)7-11(9)17-13(18-2)16-8-14/h3-7H,1-2H3,(H,16,17). The lowest BCUT2D eigenvalue weighted by Gasteiger charge is -2.05. The first-order chi connectivity index (χ1) is 8.74. The van der Waals surface area contributed by atoms with Gasteiger partial charge >= 0.3 is 0 Å². The zero-order chi connectivity index (χ0) is 13.0. The van der Waals surface area contributed by atoms with Crippen LogP contribution in [0.4, 0.5) is 5.69 Å².